The number of nitrogens with one attached hydrogen (secondary N) is 2. The van der Waals surface area contributed by atoms with Gasteiger partial charge in [-0.2, -0.15) is 0 Å². The van der Waals surface area contributed by atoms with Crippen LogP contribution in [0.1, 0.15) is 44.0 Å². The van der Waals surface area contributed by atoms with E-state index in [4.69, 9.17) is 0 Å². The summed E-state index contributed by atoms with van der Waals surface area (Å²) in [6.07, 6.45) is 2.19. The van der Waals surface area contributed by atoms with Crippen molar-refractivity contribution in [1.82, 2.24) is 5.32 Å². The third kappa shape index (κ3) is 5.21. The second kappa shape index (κ2) is 7.75. The minimum absolute atomic E-state index is 0.0156. The van der Waals surface area contributed by atoms with Gasteiger partial charge in [0, 0.05) is 24.3 Å². The zero-order valence-electron chi connectivity index (χ0n) is 11.6. The van der Waals surface area contributed by atoms with Crippen LogP contribution in [0, 0.1) is 5.92 Å². The number of hydrogen-bond acceptors (Lipinski definition) is 2. The Morgan fingerprint density at radius 2 is 1.89 bits per heavy atom. The van der Waals surface area contributed by atoms with Crippen LogP contribution in [0.2, 0.25) is 0 Å². The minimum atomic E-state index is 0.0156. The van der Waals surface area contributed by atoms with Crippen LogP contribution in [0.15, 0.2) is 24.3 Å². The first-order valence-corrected chi connectivity index (χ1v) is 6.75. The Morgan fingerprint density at radius 1 is 1.22 bits per heavy atom. The molecule has 100 valence electrons. The quantitative estimate of drug-likeness (QED) is 0.727. The SMILES string of the molecule is CCNc1ccc(C(=O)NCCCC(C)C)cc1. The van der Waals surface area contributed by atoms with Gasteiger partial charge in [0.05, 0.1) is 0 Å². The van der Waals surface area contributed by atoms with Gasteiger partial charge in [-0.15, -0.1) is 0 Å². The van der Waals surface area contributed by atoms with Crippen LogP contribution in [-0.4, -0.2) is 19.0 Å². The lowest BCUT2D eigenvalue weighted by molar-refractivity contribution is 0.0952. The summed E-state index contributed by atoms with van der Waals surface area (Å²) in [5, 5.41) is 6.15. The van der Waals surface area contributed by atoms with Gasteiger partial charge in [-0.25, -0.2) is 0 Å². The average Bonchev–Trinajstić information content (AvgIpc) is 2.35. The summed E-state index contributed by atoms with van der Waals surface area (Å²) in [4.78, 5) is 11.8. The average molecular weight is 248 g/mol. The maximum Gasteiger partial charge on any atom is 0.251 e. The molecule has 0 heterocycles. The molecule has 0 saturated carbocycles. The topological polar surface area (TPSA) is 41.1 Å². The molecule has 0 radical (unpaired) electrons. The van der Waals surface area contributed by atoms with E-state index >= 15 is 0 Å². The van der Waals surface area contributed by atoms with Crippen LogP contribution in [0.4, 0.5) is 5.69 Å². The van der Waals surface area contributed by atoms with Crippen molar-refractivity contribution in [3.05, 3.63) is 29.8 Å². The molecule has 0 bridgehead atoms. The fourth-order valence-corrected chi connectivity index (χ4v) is 1.76. The first-order chi connectivity index (χ1) is 8.63. The standard InChI is InChI=1S/C15H24N2O/c1-4-16-14-9-7-13(8-10-14)15(18)17-11-5-6-12(2)3/h7-10,12,16H,4-6,11H2,1-3H3,(H,17,18). The highest BCUT2D eigenvalue weighted by Gasteiger charge is 2.04. The molecule has 3 nitrogen and oxygen atoms in total. The Hall–Kier alpha value is -1.51. The van der Waals surface area contributed by atoms with Crippen molar-refractivity contribution >= 4 is 11.6 Å². The predicted molar refractivity (Wildman–Crippen MR) is 77.0 cm³/mol. The number of benzene rings is 1. The van der Waals surface area contributed by atoms with Crippen LogP contribution in [-0.2, 0) is 0 Å². The van der Waals surface area contributed by atoms with E-state index in [2.05, 4.69) is 31.4 Å². The molecule has 0 spiro atoms. The summed E-state index contributed by atoms with van der Waals surface area (Å²) in [7, 11) is 0. The zero-order valence-corrected chi connectivity index (χ0v) is 11.6. The number of amides is 1. The van der Waals surface area contributed by atoms with Crippen LogP contribution >= 0.6 is 0 Å². The molecule has 18 heavy (non-hydrogen) atoms. The largest absolute Gasteiger partial charge is 0.385 e. The Morgan fingerprint density at radius 3 is 2.44 bits per heavy atom. The Labute approximate surface area is 110 Å². The van der Waals surface area contributed by atoms with Crippen molar-refractivity contribution in [2.45, 2.75) is 33.6 Å². The number of hydrogen-bond donors (Lipinski definition) is 2. The van der Waals surface area contributed by atoms with Crippen molar-refractivity contribution in [2.75, 3.05) is 18.4 Å². The molecule has 1 aromatic rings. The van der Waals surface area contributed by atoms with E-state index in [0.717, 1.165) is 37.2 Å². The monoisotopic (exact) mass is 248 g/mol. The van der Waals surface area contributed by atoms with Gasteiger partial charge in [0.2, 0.25) is 0 Å². The third-order valence-electron chi connectivity index (χ3n) is 2.77. The molecule has 0 aliphatic rings. The third-order valence-corrected chi connectivity index (χ3v) is 2.77. The summed E-state index contributed by atoms with van der Waals surface area (Å²) < 4.78 is 0. The Bertz CT molecular complexity index is 357. The summed E-state index contributed by atoms with van der Waals surface area (Å²) in [5.74, 6) is 0.711. The van der Waals surface area contributed by atoms with Gasteiger partial charge < -0.3 is 10.6 Å². The van der Waals surface area contributed by atoms with Crippen molar-refractivity contribution in [2.24, 2.45) is 5.92 Å². The Kier molecular flexibility index (Phi) is 6.26. The molecule has 0 aromatic heterocycles. The molecule has 0 unspecified atom stereocenters. The number of anilines is 1. The lowest BCUT2D eigenvalue weighted by Gasteiger charge is -2.08. The van der Waals surface area contributed by atoms with E-state index in [-0.39, 0.29) is 5.91 Å². The summed E-state index contributed by atoms with van der Waals surface area (Å²) in [6.45, 7) is 8.09. The van der Waals surface area contributed by atoms with Crippen molar-refractivity contribution in [1.29, 1.82) is 0 Å². The molecule has 0 aliphatic carbocycles. The van der Waals surface area contributed by atoms with Crippen molar-refractivity contribution in [3.63, 3.8) is 0 Å². The van der Waals surface area contributed by atoms with Crippen LogP contribution in [0.3, 0.4) is 0 Å². The molecule has 2 N–H and O–H groups in total. The fraction of sp³-hybridized carbons (Fsp3) is 0.533. The van der Waals surface area contributed by atoms with Crippen molar-refractivity contribution < 1.29 is 4.79 Å². The van der Waals surface area contributed by atoms with Gasteiger partial charge in [-0.3, -0.25) is 4.79 Å². The van der Waals surface area contributed by atoms with E-state index < -0.39 is 0 Å². The van der Waals surface area contributed by atoms with Crippen LogP contribution < -0.4 is 10.6 Å². The van der Waals surface area contributed by atoms with E-state index in [1.54, 1.807) is 0 Å². The van der Waals surface area contributed by atoms with Crippen molar-refractivity contribution in [3.8, 4) is 0 Å². The van der Waals surface area contributed by atoms with Crippen LogP contribution in [0.25, 0.3) is 0 Å². The normalized spacial score (nSPS) is 10.4. The lowest BCUT2D eigenvalue weighted by atomic mass is 10.1. The number of rotatable bonds is 7. The van der Waals surface area contributed by atoms with E-state index in [0.29, 0.717) is 5.92 Å². The fourth-order valence-electron chi connectivity index (χ4n) is 1.76. The van der Waals surface area contributed by atoms with Gasteiger partial charge >= 0.3 is 0 Å². The van der Waals surface area contributed by atoms with Gasteiger partial charge in [-0.1, -0.05) is 13.8 Å². The summed E-state index contributed by atoms with van der Waals surface area (Å²) in [6, 6.07) is 7.59. The van der Waals surface area contributed by atoms with Gasteiger partial charge in [0.15, 0.2) is 0 Å². The molecule has 0 fully saturated rings. The number of carbonyl (C=O) groups excluding carboxylic acids is 1. The molecule has 0 aliphatic heterocycles. The highest BCUT2D eigenvalue weighted by Crippen LogP contribution is 2.09. The molecule has 3 heteroatoms. The second-order valence-electron chi connectivity index (χ2n) is 4.90. The lowest BCUT2D eigenvalue weighted by Crippen LogP contribution is -2.24. The summed E-state index contributed by atoms with van der Waals surface area (Å²) >= 11 is 0. The van der Waals surface area contributed by atoms with Crippen LogP contribution in [0.5, 0.6) is 0 Å². The highest BCUT2D eigenvalue weighted by atomic mass is 16.1. The molecule has 1 aromatic carbocycles. The maximum absolute atomic E-state index is 11.8. The van der Waals surface area contributed by atoms with E-state index in [1.807, 2.05) is 24.3 Å². The smallest absolute Gasteiger partial charge is 0.251 e. The first-order valence-electron chi connectivity index (χ1n) is 6.75. The molecule has 0 saturated heterocycles. The molecule has 0 atom stereocenters. The molecular weight excluding hydrogens is 224 g/mol. The molecule has 1 rings (SSSR count). The Balaban J connectivity index is 2.37. The minimum Gasteiger partial charge on any atom is -0.385 e. The first kappa shape index (κ1) is 14.6. The van der Waals surface area contributed by atoms with Gasteiger partial charge in [0.1, 0.15) is 0 Å². The summed E-state index contributed by atoms with van der Waals surface area (Å²) in [5.41, 5.74) is 1.77. The van der Waals surface area contributed by atoms with Gasteiger partial charge in [0.25, 0.3) is 5.91 Å². The highest BCUT2D eigenvalue weighted by molar-refractivity contribution is 5.94. The van der Waals surface area contributed by atoms with E-state index in [9.17, 15) is 4.79 Å². The molecule has 1 amide bonds. The second-order valence-corrected chi connectivity index (χ2v) is 4.90. The maximum atomic E-state index is 11.8. The van der Waals surface area contributed by atoms with E-state index in [1.165, 1.54) is 0 Å². The van der Waals surface area contributed by atoms with Gasteiger partial charge in [-0.05, 0) is 49.9 Å². The zero-order chi connectivity index (χ0) is 13.4. The predicted octanol–water partition coefficient (Wildman–Crippen LogP) is 3.28. The number of carbonyl (C=O) groups is 1. The molecular formula is C15H24N2O.